The molecule has 2 atom stereocenters. The SMILES string of the molecule is C[C@H]1CN(C2CCC(CNc3ccc(S(=O)(=O)NC(=O)c4ccc(N5CCN(CC6=C(c7ccc(Cl)cc7)CC(C)(C)CC6)CC5)cc4Oc4cnc5[nH]ccc5c4)cc3N([O-])O)CC2)CCN1Cc1cc(Br)c2c(c1)C(=O)N(C1CCC(=O)NC1=O)C2. The van der Waals surface area contributed by atoms with Crippen molar-refractivity contribution in [3.8, 4) is 11.5 Å². The molecule has 5 N–H and O–H groups in total. The molecule has 2 aromatic heterocycles. The fourth-order valence-electron chi connectivity index (χ4n) is 13.8. The number of nitrogens with zero attached hydrogens (tertiary/aromatic N) is 7. The van der Waals surface area contributed by atoms with Crippen LogP contribution in [-0.4, -0.2) is 144 Å². The van der Waals surface area contributed by atoms with Crippen molar-refractivity contribution in [3.63, 3.8) is 0 Å². The number of rotatable bonds is 17. The van der Waals surface area contributed by atoms with E-state index in [4.69, 9.17) is 16.3 Å². The number of benzene rings is 4. The number of ether oxygens (including phenoxy) is 1. The second-order valence-electron chi connectivity index (χ2n) is 25.3. The Hall–Kier alpha value is -6.89. The van der Waals surface area contributed by atoms with E-state index >= 15 is 0 Å². The van der Waals surface area contributed by atoms with Crippen molar-refractivity contribution >= 4 is 94.9 Å². The average molecular weight is 1300 g/mol. The van der Waals surface area contributed by atoms with Gasteiger partial charge in [0.1, 0.15) is 23.2 Å². The summed E-state index contributed by atoms with van der Waals surface area (Å²) in [5.41, 5.74) is 8.11. The summed E-state index contributed by atoms with van der Waals surface area (Å²) < 4.78 is 37.6. The molecule has 0 bridgehead atoms. The van der Waals surface area contributed by atoms with Crippen molar-refractivity contribution in [1.29, 1.82) is 0 Å². The molecule has 6 aromatic rings. The minimum Gasteiger partial charge on any atom is -0.733 e. The van der Waals surface area contributed by atoms with Gasteiger partial charge in [-0.2, -0.15) is 0 Å². The van der Waals surface area contributed by atoms with Gasteiger partial charge in [0, 0.05) is 129 Å². The molecule has 0 spiro atoms. The van der Waals surface area contributed by atoms with E-state index in [9.17, 15) is 38.0 Å². The third-order valence-corrected chi connectivity index (χ3v) is 21.1. The van der Waals surface area contributed by atoms with Crippen LogP contribution in [-0.2, 0) is 32.7 Å². The molecule has 0 radical (unpaired) electrons. The van der Waals surface area contributed by atoms with Gasteiger partial charge >= 0.3 is 0 Å². The molecule has 4 aliphatic heterocycles. The van der Waals surface area contributed by atoms with Gasteiger partial charge in [-0.15, -0.1) is 0 Å². The molecule has 23 heteroatoms. The highest BCUT2D eigenvalue weighted by atomic mass is 79.9. The van der Waals surface area contributed by atoms with E-state index in [1.54, 1.807) is 35.4 Å². The molecule has 6 heterocycles. The summed E-state index contributed by atoms with van der Waals surface area (Å²) in [5, 5.41) is 29.8. The number of carbonyl (C=O) groups is 4. The van der Waals surface area contributed by atoms with Crippen LogP contribution in [0, 0.1) is 16.5 Å². The van der Waals surface area contributed by atoms with Crippen molar-refractivity contribution in [2.45, 2.75) is 115 Å². The lowest BCUT2D eigenvalue weighted by Gasteiger charge is -2.45. The van der Waals surface area contributed by atoms with Gasteiger partial charge in [-0.1, -0.05) is 59.1 Å². The number of hydrogen-bond donors (Lipinski definition) is 5. The number of aromatic nitrogens is 2. The molecular weight excluding hydrogens is 1230 g/mol. The third kappa shape index (κ3) is 13.5. The van der Waals surface area contributed by atoms with Crippen molar-refractivity contribution in [2.75, 3.05) is 74.3 Å². The number of piperazine rings is 2. The first-order valence-electron chi connectivity index (χ1n) is 30.5. The summed E-state index contributed by atoms with van der Waals surface area (Å²) in [5.74, 6) is -1.15. The topological polar surface area (TPSA) is 239 Å². The second-order valence-corrected chi connectivity index (χ2v) is 28.3. The largest absolute Gasteiger partial charge is 0.733 e. The Kier molecular flexibility index (Phi) is 17.8. The number of sulfonamides is 1. The van der Waals surface area contributed by atoms with E-state index in [0.717, 1.165) is 122 Å². The highest BCUT2D eigenvalue weighted by Gasteiger charge is 2.41. The maximum atomic E-state index is 14.2. The number of aromatic amines is 1. The van der Waals surface area contributed by atoms with Crippen molar-refractivity contribution < 1.29 is 37.5 Å². The molecule has 88 heavy (non-hydrogen) atoms. The first kappa shape index (κ1) is 61.4. The number of halogens is 2. The number of allylic oxidation sites excluding steroid dienone is 1. The molecule has 1 saturated carbocycles. The second kappa shape index (κ2) is 25.5. The van der Waals surface area contributed by atoms with E-state index in [0.29, 0.717) is 62.1 Å². The third-order valence-electron chi connectivity index (χ3n) is 18.8. The first-order chi connectivity index (χ1) is 42.2. The molecule has 6 aliphatic rings. The zero-order valence-corrected chi connectivity index (χ0v) is 52.9. The fraction of sp³-hybridized carbons (Fsp3) is 0.431. The maximum Gasteiger partial charge on any atom is 0.268 e. The van der Waals surface area contributed by atoms with Gasteiger partial charge in [-0.05, 0) is 159 Å². The van der Waals surface area contributed by atoms with Crippen LogP contribution in [0.4, 0.5) is 17.1 Å². The van der Waals surface area contributed by atoms with Gasteiger partial charge in [-0.25, -0.2) is 18.1 Å². The molecule has 4 amide bonds. The summed E-state index contributed by atoms with van der Waals surface area (Å²) >= 11 is 9.99. The molecule has 464 valence electrons. The predicted molar refractivity (Wildman–Crippen MR) is 342 cm³/mol. The number of pyridine rings is 1. The van der Waals surface area contributed by atoms with Gasteiger partial charge < -0.3 is 35.3 Å². The molecule has 20 nitrogen and oxygen atoms in total. The molecule has 4 fully saturated rings. The van der Waals surface area contributed by atoms with Gasteiger partial charge in [0.05, 0.1) is 28.0 Å². The first-order valence-corrected chi connectivity index (χ1v) is 33.1. The number of hydrogen-bond acceptors (Lipinski definition) is 16. The van der Waals surface area contributed by atoms with E-state index in [-0.39, 0.29) is 63.5 Å². The Bertz CT molecular complexity index is 3810. The van der Waals surface area contributed by atoms with Crippen molar-refractivity contribution in [3.05, 3.63) is 145 Å². The van der Waals surface area contributed by atoms with Crippen LogP contribution >= 0.6 is 27.5 Å². The van der Waals surface area contributed by atoms with E-state index in [1.807, 2.05) is 24.3 Å². The van der Waals surface area contributed by atoms with E-state index in [1.165, 1.54) is 35.0 Å². The molecular formula is C65H74BrClN11O9S-. The predicted octanol–water partition coefficient (Wildman–Crippen LogP) is 10.3. The Balaban J connectivity index is 0.653. The summed E-state index contributed by atoms with van der Waals surface area (Å²) in [7, 11) is -4.60. The highest BCUT2D eigenvalue weighted by molar-refractivity contribution is 9.10. The number of imide groups is 1. The molecule has 4 aromatic carbocycles. The Morgan fingerprint density at radius 1 is 0.920 bits per heavy atom. The van der Waals surface area contributed by atoms with E-state index in [2.05, 4.69) is 99.8 Å². The van der Waals surface area contributed by atoms with Crippen molar-refractivity contribution in [1.82, 2.24) is 39.6 Å². The van der Waals surface area contributed by atoms with Gasteiger partial charge in [-0.3, -0.25) is 44.4 Å². The lowest BCUT2D eigenvalue weighted by Crippen LogP contribution is -2.55. The maximum absolute atomic E-state index is 14.2. The number of amides is 4. The van der Waals surface area contributed by atoms with Gasteiger partial charge in [0.2, 0.25) is 11.8 Å². The minimum absolute atomic E-state index is 0.0394. The standard InChI is InChI=1S/C65H74BrClN11O9S/c1-40-36-76(27-26-75(40)37-42-28-52-54(55(66)29-42)39-77(64(52)82)57-16-17-60(79)71-63(57)81)47-10-4-41(5-11-47)34-69-56-15-13-50(32-58(56)78(83)84)88(85,86)72-62(80)51-14-12-48(31-59(51)87-49-30-44-19-21-68-61(44)70-35-49)74-24-22-73(23-25-74)38-45-18-20-65(2,3)33-53(45)43-6-8-46(67)9-7-43/h6-9,12-15,19,21,28-32,35,40-41,47,57,69,83H,4-5,10-11,16-18,20,22-27,33-34,36-39H2,1-3H3,(H,68,70)(H,72,80)(H,71,79,81)/q-1/t40-,41?,47?,57?/m0/s1. The van der Waals surface area contributed by atoms with Crippen molar-refractivity contribution in [2.24, 2.45) is 11.3 Å². The highest BCUT2D eigenvalue weighted by Crippen LogP contribution is 2.44. The summed E-state index contributed by atoms with van der Waals surface area (Å²) in [6, 6.07) is 24.7. The van der Waals surface area contributed by atoms with Crippen LogP contribution in [0.1, 0.15) is 116 Å². The summed E-state index contributed by atoms with van der Waals surface area (Å²) in [6.07, 6.45) is 10.8. The van der Waals surface area contributed by atoms with Crippen LogP contribution in [0.15, 0.2) is 112 Å². The lowest BCUT2D eigenvalue weighted by atomic mass is 9.72. The Morgan fingerprint density at radius 2 is 1.70 bits per heavy atom. The zero-order chi connectivity index (χ0) is 61.6. The monoisotopic (exact) mass is 1300 g/mol. The summed E-state index contributed by atoms with van der Waals surface area (Å²) in [6.45, 7) is 14.9. The van der Waals surface area contributed by atoms with Crippen LogP contribution in [0.2, 0.25) is 5.02 Å². The fourth-order valence-corrected chi connectivity index (χ4v) is 15.5. The number of anilines is 3. The van der Waals surface area contributed by atoms with Gasteiger partial charge in [0.25, 0.3) is 21.8 Å². The Morgan fingerprint density at radius 3 is 2.45 bits per heavy atom. The summed E-state index contributed by atoms with van der Waals surface area (Å²) in [4.78, 5) is 70.7. The number of H-pyrrole nitrogens is 1. The molecule has 12 rings (SSSR count). The van der Waals surface area contributed by atoms with Crippen LogP contribution in [0.5, 0.6) is 11.5 Å². The van der Waals surface area contributed by atoms with Crippen LogP contribution < -0.4 is 30.2 Å². The smallest absolute Gasteiger partial charge is 0.268 e. The van der Waals surface area contributed by atoms with E-state index < -0.39 is 32.8 Å². The lowest BCUT2D eigenvalue weighted by molar-refractivity contribution is -0.136. The number of fused-ring (bicyclic) bond motifs is 2. The number of carbonyl (C=O) groups excluding carboxylic acids is 4. The van der Waals surface area contributed by atoms with Crippen LogP contribution in [0.25, 0.3) is 16.6 Å². The number of nitrogens with one attached hydrogen (secondary N) is 4. The number of piperidine rings is 1. The van der Waals surface area contributed by atoms with Crippen LogP contribution in [0.3, 0.4) is 0 Å². The average Bonchev–Trinajstić information content (AvgIpc) is 2.41. The van der Waals surface area contributed by atoms with Gasteiger partial charge in [0.15, 0.2) is 0 Å². The quantitative estimate of drug-likeness (QED) is 0.0422. The normalized spacial score (nSPS) is 22.2. The Labute approximate surface area is 526 Å². The minimum atomic E-state index is -4.60. The molecule has 1 unspecified atom stereocenters. The molecule has 3 saturated heterocycles. The zero-order valence-electron chi connectivity index (χ0n) is 49.7. The molecule has 2 aliphatic carbocycles.